The molecule has 0 aliphatic carbocycles. The summed E-state index contributed by atoms with van der Waals surface area (Å²) in [6.07, 6.45) is -0.0853. The molecule has 65 heavy (non-hydrogen) atoms. The van der Waals surface area contributed by atoms with Gasteiger partial charge in [0.2, 0.25) is 17.7 Å². The van der Waals surface area contributed by atoms with Crippen LogP contribution in [-0.2, 0) is 44.7 Å². The summed E-state index contributed by atoms with van der Waals surface area (Å²) in [5, 5.41) is 11.4. The third kappa shape index (κ3) is 12.2. The molecule has 2 aliphatic heterocycles. The fourth-order valence-corrected chi connectivity index (χ4v) is 7.91. The Morgan fingerprint density at radius 3 is 2.40 bits per heavy atom. The van der Waals surface area contributed by atoms with Gasteiger partial charge >= 0.3 is 5.97 Å². The van der Waals surface area contributed by atoms with Gasteiger partial charge in [-0.3, -0.25) is 48.6 Å². The Balaban J connectivity index is 0.821. The highest BCUT2D eigenvalue weighted by Crippen LogP contribution is 2.34. The number of aryl methyl sites for hydroxylation is 1. The molecule has 4 aromatic rings. The maximum absolute atomic E-state index is 13.2. The molecular weight excluding hydrogens is 869 g/mol. The molecule has 0 radical (unpaired) electrons. The fraction of sp³-hybridized carbons (Fsp3) is 0.395. The summed E-state index contributed by atoms with van der Waals surface area (Å²) in [5.74, 6) is -4.19. The van der Waals surface area contributed by atoms with Gasteiger partial charge in [0.1, 0.15) is 23.7 Å². The van der Waals surface area contributed by atoms with Crippen LogP contribution in [0.3, 0.4) is 0 Å². The number of esters is 1. The number of aromatic nitrogens is 2. The van der Waals surface area contributed by atoms with Gasteiger partial charge in [0.05, 0.1) is 65.4 Å². The van der Waals surface area contributed by atoms with E-state index >= 15 is 0 Å². The van der Waals surface area contributed by atoms with Crippen molar-refractivity contribution < 1.29 is 57.3 Å². The van der Waals surface area contributed by atoms with Crippen molar-refractivity contribution in [3.63, 3.8) is 0 Å². The Morgan fingerprint density at radius 1 is 0.938 bits per heavy atom. The van der Waals surface area contributed by atoms with Crippen LogP contribution in [0.1, 0.15) is 67.5 Å². The normalized spacial score (nSPS) is 15.0. The standard InChI is InChI=1S/C43H48N8O13S/c1-24-46-28-8-7-25(21-27(28)38(55)47-24)22-50(2)36-14-11-32(65-36)40(57)48-29(43(60)61-3)9-12-33(52)44-15-17-62-19-20-63-18-16-45-35(54)23-64-31-6-4-5-26-37(31)42(59)51(41(26)58)30-10-13-34(53)49-39(30)56/h4-8,11,14,21,29-30H,9-10,12-13,15-20,22-23H2,1-3H3,(H,44,52)(H,45,54)(H,48,57)(H,46,47,55)(H,49,53,56)/t29-,30?/m0/s1. The van der Waals surface area contributed by atoms with Crippen molar-refractivity contribution in [2.75, 3.05) is 65.2 Å². The number of anilines is 1. The van der Waals surface area contributed by atoms with Crippen LogP contribution in [0.2, 0.25) is 0 Å². The van der Waals surface area contributed by atoms with E-state index in [1.165, 1.54) is 36.6 Å². The maximum atomic E-state index is 13.2. The number of nitrogens with one attached hydrogen (secondary N) is 5. The summed E-state index contributed by atoms with van der Waals surface area (Å²) >= 11 is 1.22. The number of carbonyl (C=O) groups excluding carboxylic acids is 8. The van der Waals surface area contributed by atoms with Gasteiger partial charge in [0.15, 0.2) is 6.61 Å². The molecule has 2 aromatic carbocycles. The van der Waals surface area contributed by atoms with Gasteiger partial charge in [-0.15, -0.1) is 11.3 Å². The van der Waals surface area contributed by atoms with Crippen molar-refractivity contribution in [2.45, 2.75) is 51.2 Å². The average molecular weight is 917 g/mol. The van der Waals surface area contributed by atoms with E-state index in [9.17, 15) is 43.2 Å². The summed E-state index contributed by atoms with van der Waals surface area (Å²) in [6, 6.07) is 11.0. The number of benzene rings is 2. The van der Waals surface area contributed by atoms with Gasteiger partial charge in [-0.2, -0.15) is 0 Å². The largest absolute Gasteiger partial charge is 0.483 e. The van der Waals surface area contributed by atoms with Crippen molar-refractivity contribution in [3.05, 3.63) is 86.3 Å². The number of methoxy groups -OCH3 is 1. The lowest BCUT2D eigenvalue weighted by molar-refractivity contribution is -0.143. The first-order valence-corrected chi connectivity index (χ1v) is 21.4. The summed E-state index contributed by atoms with van der Waals surface area (Å²) < 4.78 is 21.4. The number of fused-ring (bicyclic) bond motifs is 2. The highest BCUT2D eigenvalue weighted by Gasteiger charge is 2.46. The van der Waals surface area contributed by atoms with Crippen LogP contribution in [0, 0.1) is 6.92 Å². The van der Waals surface area contributed by atoms with Crippen molar-refractivity contribution in [1.82, 2.24) is 36.1 Å². The lowest BCUT2D eigenvalue weighted by Crippen LogP contribution is -2.54. The van der Waals surface area contributed by atoms with Gasteiger partial charge in [-0.1, -0.05) is 12.1 Å². The molecule has 1 saturated heterocycles. The molecule has 7 amide bonds. The molecular formula is C43H48N8O13S. The minimum atomic E-state index is -1.13. The predicted octanol–water partition coefficient (Wildman–Crippen LogP) is 0.727. The molecule has 5 N–H and O–H groups in total. The van der Waals surface area contributed by atoms with Crippen molar-refractivity contribution >= 4 is 74.6 Å². The first-order valence-electron chi connectivity index (χ1n) is 20.6. The molecule has 1 fully saturated rings. The quantitative estimate of drug-likeness (QED) is 0.0413. The molecule has 2 atom stereocenters. The molecule has 2 aliphatic rings. The van der Waals surface area contributed by atoms with E-state index in [0.29, 0.717) is 28.1 Å². The number of piperidine rings is 1. The number of nitrogens with zero attached hydrogens (tertiary/aromatic N) is 3. The lowest BCUT2D eigenvalue weighted by Gasteiger charge is -2.27. The molecule has 344 valence electrons. The fourth-order valence-electron chi connectivity index (χ4n) is 7.04. The van der Waals surface area contributed by atoms with Crippen molar-refractivity contribution in [2.24, 2.45) is 0 Å². The van der Waals surface area contributed by atoms with E-state index < -0.39 is 60.1 Å². The minimum absolute atomic E-state index is 0.00284. The number of hydrogen-bond donors (Lipinski definition) is 5. The molecule has 0 saturated carbocycles. The Labute approximate surface area is 375 Å². The number of aromatic amines is 1. The molecule has 1 unspecified atom stereocenters. The molecule has 21 nitrogen and oxygen atoms in total. The molecule has 6 rings (SSSR count). The number of ether oxygens (including phenoxy) is 4. The van der Waals surface area contributed by atoms with Crippen LogP contribution < -0.4 is 36.5 Å². The summed E-state index contributed by atoms with van der Waals surface area (Å²) in [4.78, 5) is 123. The van der Waals surface area contributed by atoms with E-state index in [2.05, 4.69) is 31.2 Å². The highest BCUT2D eigenvalue weighted by molar-refractivity contribution is 7.18. The first kappa shape index (κ1) is 47.4. The van der Waals surface area contributed by atoms with E-state index in [1.807, 2.05) is 18.0 Å². The zero-order valence-corrected chi connectivity index (χ0v) is 36.6. The molecule has 4 heterocycles. The number of rotatable bonds is 22. The van der Waals surface area contributed by atoms with Gasteiger partial charge in [0, 0.05) is 39.5 Å². The topological polar surface area (TPSA) is 274 Å². The number of H-pyrrole nitrogens is 1. The van der Waals surface area contributed by atoms with Crippen molar-refractivity contribution in [3.8, 4) is 5.75 Å². The van der Waals surface area contributed by atoms with Crippen LogP contribution in [0.4, 0.5) is 5.00 Å². The van der Waals surface area contributed by atoms with Gasteiger partial charge in [-0.05, 0) is 61.7 Å². The first-order chi connectivity index (χ1) is 31.2. The van der Waals surface area contributed by atoms with Crippen LogP contribution in [0.5, 0.6) is 5.75 Å². The second-order valence-corrected chi connectivity index (χ2v) is 16.0. The maximum Gasteiger partial charge on any atom is 0.328 e. The van der Waals surface area contributed by atoms with Crippen LogP contribution >= 0.6 is 11.3 Å². The van der Waals surface area contributed by atoms with E-state index in [1.54, 1.807) is 31.2 Å². The molecule has 0 spiro atoms. The zero-order chi connectivity index (χ0) is 46.6. The van der Waals surface area contributed by atoms with Gasteiger partial charge < -0.3 is 44.8 Å². The minimum Gasteiger partial charge on any atom is -0.483 e. The number of hydrogen-bond acceptors (Lipinski definition) is 16. The summed E-state index contributed by atoms with van der Waals surface area (Å²) in [6.45, 7) is 2.76. The van der Waals surface area contributed by atoms with E-state index in [0.717, 1.165) is 15.5 Å². The monoisotopic (exact) mass is 916 g/mol. The lowest BCUT2D eigenvalue weighted by atomic mass is 10.0. The Bertz CT molecular complexity index is 2540. The summed E-state index contributed by atoms with van der Waals surface area (Å²) in [7, 11) is 3.05. The van der Waals surface area contributed by atoms with E-state index in [-0.39, 0.29) is 93.5 Å². The van der Waals surface area contributed by atoms with Crippen LogP contribution in [0.25, 0.3) is 10.9 Å². The number of thiophene rings is 1. The number of imide groups is 2. The smallest absolute Gasteiger partial charge is 0.328 e. The zero-order valence-electron chi connectivity index (χ0n) is 35.8. The Hall–Kier alpha value is -7.04. The van der Waals surface area contributed by atoms with Crippen LogP contribution in [0.15, 0.2) is 53.3 Å². The molecule has 0 bridgehead atoms. The second kappa shape index (κ2) is 22.0. The average Bonchev–Trinajstić information content (AvgIpc) is 3.88. The third-order valence-electron chi connectivity index (χ3n) is 10.2. The molecule has 22 heteroatoms. The Morgan fingerprint density at radius 2 is 1.68 bits per heavy atom. The SMILES string of the molecule is COC(=O)[C@H](CCC(=O)NCCOCCOCCNC(=O)COc1cccc2c1C(=O)N(C1CCC(=O)NC1=O)C2=O)NC(=O)c1ccc(N(C)Cc2ccc3nc(C)[nH]c(=O)c3c2)s1. The van der Waals surface area contributed by atoms with E-state index in [4.69, 9.17) is 18.9 Å². The number of amides is 7. The molecule has 2 aromatic heterocycles. The van der Waals surface area contributed by atoms with Gasteiger partial charge in [-0.25, -0.2) is 9.78 Å². The summed E-state index contributed by atoms with van der Waals surface area (Å²) in [5.41, 5.74) is 1.23. The predicted molar refractivity (Wildman–Crippen MR) is 232 cm³/mol. The Kier molecular flexibility index (Phi) is 16.1. The number of carbonyl (C=O) groups is 8. The van der Waals surface area contributed by atoms with Crippen molar-refractivity contribution in [1.29, 1.82) is 0 Å². The van der Waals surface area contributed by atoms with Gasteiger partial charge in [0.25, 0.3) is 29.2 Å². The van der Waals surface area contributed by atoms with Crippen LogP contribution in [-0.4, -0.2) is 135 Å². The third-order valence-corrected chi connectivity index (χ3v) is 11.4. The highest BCUT2D eigenvalue weighted by atomic mass is 32.1. The second-order valence-electron chi connectivity index (χ2n) is 14.9.